The fraction of sp³-hybridized carbons (Fsp3) is 0.0714. The van der Waals surface area contributed by atoms with Crippen molar-refractivity contribution >= 4 is 16.8 Å². The number of hydrogen-bond donors (Lipinski definition) is 0. The molecule has 0 radical (unpaired) electrons. The van der Waals surface area contributed by atoms with Gasteiger partial charge in [-0.1, -0.05) is 12.1 Å². The fourth-order valence-electron chi connectivity index (χ4n) is 2.13. The van der Waals surface area contributed by atoms with Crippen molar-refractivity contribution in [1.82, 2.24) is 4.57 Å². The molecule has 0 saturated heterocycles. The monoisotopic (exact) mass is 288 g/mol. The zero-order valence-electron chi connectivity index (χ0n) is 10.7. The predicted molar refractivity (Wildman–Crippen MR) is 72.6 cm³/mol. The number of nitrogens with zero attached hydrogens (tertiary/aromatic N) is 2. The smallest absolute Gasteiger partial charge is 0.408 e. The van der Waals surface area contributed by atoms with Gasteiger partial charge in [-0.05, 0) is 23.8 Å². The first-order chi connectivity index (χ1) is 10.0. The third-order valence-electron chi connectivity index (χ3n) is 3.09. The molecule has 7 heteroatoms. The van der Waals surface area contributed by atoms with Crippen LogP contribution < -0.4 is 5.76 Å². The number of nitro benzene ring substituents is 1. The van der Waals surface area contributed by atoms with Crippen molar-refractivity contribution in [3.05, 3.63) is 74.5 Å². The summed E-state index contributed by atoms with van der Waals surface area (Å²) >= 11 is 0. The topological polar surface area (TPSA) is 78.3 Å². The van der Waals surface area contributed by atoms with Crippen molar-refractivity contribution in [3.63, 3.8) is 0 Å². The van der Waals surface area contributed by atoms with E-state index in [-0.39, 0.29) is 17.8 Å². The van der Waals surface area contributed by atoms with Gasteiger partial charge in [0.1, 0.15) is 5.82 Å². The number of aromatic nitrogens is 1. The Morgan fingerprint density at radius 2 is 2.05 bits per heavy atom. The summed E-state index contributed by atoms with van der Waals surface area (Å²) in [5.74, 6) is -1.06. The highest BCUT2D eigenvalue weighted by Crippen LogP contribution is 2.20. The summed E-state index contributed by atoms with van der Waals surface area (Å²) < 4.78 is 19.4. The third kappa shape index (κ3) is 2.40. The molecule has 0 fully saturated rings. The number of nitro groups is 1. The van der Waals surface area contributed by atoms with Crippen molar-refractivity contribution in [1.29, 1.82) is 0 Å². The number of non-ortho nitro benzene ring substituents is 1. The highest BCUT2D eigenvalue weighted by atomic mass is 19.1. The summed E-state index contributed by atoms with van der Waals surface area (Å²) in [5, 5.41) is 10.8. The van der Waals surface area contributed by atoms with Gasteiger partial charge in [-0.2, -0.15) is 0 Å². The highest BCUT2D eigenvalue weighted by molar-refractivity contribution is 5.76. The van der Waals surface area contributed by atoms with Gasteiger partial charge in [-0.3, -0.25) is 14.7 Å². The van der Waals surface area contributed by atoms with Crippen LogP contribution in [0.25, 0.3) is 11.1 Å². The van der Waals surface area contributed by atoms with Crippen molar-refractivity contribution < 1.29 is 13.7 Å². The summed E-state index contributed by atoms with van der Waals surface area (Å²) in [6.07, 6.45) is 0. The van der Waals surface area contributed by atoms with Crippen LogP contribution in [0, 0.1) is 15.9 Å². The SMILES string of the molecule is O=c1oc2ccc([N+](=O)[O-])cc2n1Cc1cccc(F)c1. The molecule has 0 aliphatic carbocycles. The van der Waals surface area contributed by atoms with E-state index in [9.17, 15) is 19.3 Å². The van der Waals surface area contributed by atoms with Gasteiger partial charge in [0.25, 0.3) is 5.69 Å². The summed E-state index contributed by atoms with van der Waals surface area (Å²) in [6.45, 7) is 0.0742. The van der Waals surface area contributed by atoms with Crippen molar-refractivity contribution in [2.45, 2.75) is 6.54 Å². The van der Waals surface area contributed by atoms with Gasteiger partial charge in [0.2, 0.25) is 0 Å². The highest BCUT2D eigenvalue weighted by Gasteiger charge is 2.14. The Kier molecular flexibility index (Phi) is 3.02. The van der Waals surface area contributed by atoms with Crippen molar-refractivity contribution in [3.8, 4) is 0 Å². The van der Waals surface area contributed by atoms with Gasteiger partial charge in [0.15, 0.2) is 5.58 Å². The van der Waals surface area contributed by atoms with Crippen LogP contribution in [0.5, 0.6) is 0 Å². The number of oxazole rings is 1. The van der Waals surface area contributed by atoms with Gasteiger partial charge in [0.05, 0.1) is 17.0 Å². The maximum atomic E-state index is 13.2. The van der Waals surface area contributed by atoms with Crippen LogP contribution in [0.15, 0.2) is 51.7 Å². The van der Waals surface area contributed by atoms with E-state index in [1.54, 1.807) is 6.07 Å². The minimum atomic E-state index is -0.644. The van der Waals surface area contributed by atoms with E-state index in [1.807, 2.05) is 0 Å². The molecule has 3 rings (SSSR count). The van der Waals surface area contributed by atoms with E-state index in [2.05, 4.69) is 0 Å². The molecule has 0 saturated carbocycles. The molecule has 21 heavy (non-hydrogen) atoms. The molecular formula is C14H9FN2O4. The van der Waals surface area contributed by atoms with Gasteiger partial charge in [-0.25, -0.2) is 9.18 Å². The van der Waals surface area contributed by atoms with Crippen LogP contribution in [-0.2, 0) is 6.54 Å². The van der Waals surface area contributed by atoms with Crippen molar-refractivity contribution in [2.24, 2.45) is 0 Å². The molecule has 0 spiro atoms. The molecule has 6 nitrogen and oxygen atoms in total. The summed E-state index contributed by atoms with van der Waals surface area (Å²) in [7, 11) is 0. The molecule has 0 N–H and O–H groups in total. The summed E-state index contributed by atoms with van der Waals surface area (Å²) in [5.41, 5.74) is 0.975. The van der Waals surface area contributed by atoms with E-state index in [1.165, 1.54) is 41.0 Å². The second-order valence-corrected chi connectivity index (χ2v) is 4.49. The number of hydrogen-bond acceptors (Lipinski definition) is 4. The van der Waals surface area contributed by atoms with Crippen LogP contribution in [0.4, 0.5) is 10.1 Å². The molecular weight excluding hydrogens is 279 g/mol. The Morgan fingerprint density at radius 3 is 2.76 bits per heavy atom. The molecule has 2 aromatic carbocycles. The van der Waals surface area contributed by atoms with Crippen LogP contribution in [-0.4, -0.2) is 9.49 Å². The number of benzene rings is 2. The molecule has 1 aromatic heterocycles. The van der Waals surface area contributed by atoms with E-state index >= 15 is 0 Å². The maximum absolute atomic E-state index is 13.2. The second kappa shape index (κ2) is 4.86. The molecule has 0 amide bonds. The average Bonchev–Trinajstić information content (AvgIpc) is 2.74. The minimum Gasteiger partial charge on any atom is -0.408 e. The largest absolute Gasteiger partial charge is 0.420 e. The van der Waals surface area contributed by atoms with Gasteiger partial charge >= 0.3 is 5.76 Å². The fourth-order valence-corrected chi connectivity index (χ4v) is 2.13. The first-order valence-corrected chi connectivity index (χ1v) is 6.07. The lowest BCUT2D eigenvalue weighted by Crippen LogP contribution is -2.14. The van der Waals surface area contributed by atoms with E-state index in [0.717, 1.165) is 0 Å². The number of halogens is 1. The Bertz CT molecular complexity index is 897. The standard InChI is InChI=1S/C14H9FN2O4/c15-10-3-1-2-9(6-10)8-16-12-7-11(17(19)20)4-5-13(12)21-14(16)18/h1-7H,8H2. The maximum Gasteiger partial charge on any atom is 0.420 e. The Labute approximate surface area is 117 Å². The first kappa shape index (κ1) is 13.0. The first-order valence-electron chi connectivity index (χ1n) is 6.07. The lowest BCUT2D eigenvalue weighted by atomic mass is 10.2. The lowest BCUT2D eigenvalue weighted by Gasteiger charge is -2.02. The molecule has 106 valence electrons. The molecule has 1 heterocycles. The van der Waals surface area contributed by atoms with E-state index in [4.69, 9.17) is 4.42 Å². The average molecular weight is 288 g/mol. The lowest BCUT2D eigenvalue weighted by molar-refractivity contribution is -0.384. The molecule has 0 aliphatic rings. The van der Waals surface area contributed by atoms with Crippen LogP contribution in [0.1, 0.15) is 5.56 Å². The normalized spacial score (nSPS) is 10.9. The molecule has 0 unspecified atom stereocenters. The van der Waals surface area contributed by atoms with Gasteiger partial charge in [0, 0.05) is 12.1 Å². The third-order valence-corrected chi connectivity index (χ3v) is 3.09. The van der Waals surface area contributed by atoms with E-state index in [0.29, 0.717) is 11.1 Å². The molecule has 0 atom stereocenters. The van der Waals surface area contributed by atoms with Gasteiger partial charge < -0.3 is 4.42 Å². The molecule has 3 aromatic rings. The van der Waals surface area contributed by atoms with Gasteiger partial charge in [-0.15, -0.1) is 0 Å². The molecule has 0 aliphatic heterocycles. The molecule has 0 bridgehead atoms. The van der Waals surface area contributed by atoms with Crippen molar-refractivity contribution in [2.75, 3.05) is 0 Å². The predicted octanol–water partition coefficient (Wildman–Crippen LogP) is 2.69. The zero-order chi connectivity index (χ0) is 15.0. The number of fused-ring (bicyclic) bond motifs is 1. The second-order valence-electron chi connectivity index (χ2n) is 4.49. The quantitative estimate of drug-likeness (QED) is 0.548. The van der Waals surface area contributed by atoms with Crippen LogP contribution in [0.3, 0.4) is 0 Å². The Hall–Kier alpha value is -2.96. The number of rotatable bonds is 3. The Morgan fingerprint density at radius 1 is 1.24 bits per heavy atom. The minimum absolute atomic E-state index is 0.0742. The summed E-state index contributed by atoms with van der Waals surface area (Å²) in [4.78, 5) is 22.1. The van der Waals surface area contributed by atoms with Crippen LogP contribution >= 0.6 is 0 Å². The van der Waals surface area contributed by atoms with E-state index < -0.39 is 16.5 Å². The zero-order valence-corrected chi connectivity index (χ0v) is 10.7. The Balaban J connectivity index is 2.12. The summed E-state index contributed by atoms with van der Waals surface area (Å²) in [6, 6.07) is 9.67. The van der Waals surface area contributed by atoms with Crippen LogP contribution in [0.2, 0.25) is 0 Å².